The summed E-state index contributed by atoms with van der Waals surface area (Å²) in [5.74, 6) is 0. The van der Waals surface area contributed by atoms with Gasteiger partial charge in [-0.25, -0.2) is 5.41 Å². The van der Waals surface area contributed by atoms with Crippen molar-refractivity contribution in [2.75, 3.05) is 0 Å². The van der Waals surface area contributed by atoms with E-state index in [0.717, 1.165) is 5.69 Å². The van der Waals surface area contributed by atoms with Crippen molar-refractivity contribution in [1.82, 2.24) is 0 Å². The lowest BCUT2D eigenvalue weighted by Crippen LogP contribution is -1.58. The summed E-state index contributed by atoms with van der Waals surface area (Å²) in [5.41, 5.74) is 0.771. The number of para-hydroxylation sites is 1. The highest BCUT2D eigenvalue weighted by atomic mass is 19.0. The summed E-state index contributed by atoms with van der Waals surface area (Å²) in [7, 11) is 0. The minimum Gasteiger partial charge on any atom is -0.269 e. The quantitative estimate of drug-likeness (QED) is 0.578. The fourth-order valence-corrected chi connectivity index (χ4v) is 0.567. The van der Waals surface area contributed by atoms with Crippen LogP contribution in [-0.4, -0.2) is 6.01 Å². The zero-order valence-electron chi connectivity index (χ0n) is 5.24. The third-order valence-corrected chi connectivity index (χ3v) is 0.941. The Hall–Kier alpha value is -1.47. The topological polar surface area (TPSA) is 36.2 Å². The van der Waals surface area contributed by atoms with Gasteiger partial charge in [-0.3, -0.25) is 4.70 Å². The van der Waals surface area contributed by atoms with E-state index in [9.17, 15) is 0 Å². The zero-order valence-corrected chi connectivity index (χ0v) is 5.24. The molecule has 10 heavy (non-hydrogen) atoms. The summed E-state index contributed by atoms with van der Waals surface area (Å²) in [6, 6.07) is 11.2. The molecule has 0 heterocycles. The Morgan fingerprint density at radius 3 is 2.30 bits per heavy atom. The zero-order chi connectivity index (χ0) is 6.53. The molecule has 0 saturated carbocycles. The molecule has 0 bridgehead atoms. The highest BCUT2D eigenvalue weighted by Gasteiger charge is 1.79. The first-order chi connectivity index (χ1) is 4.43. The van der Waals surface area contributed by atoms with Crippen LogP contribution in [-0.2, 0) is 0 Å². The van der Waals surface area contributed by atoms with Gasteiger partial charge in [0.2, 0.25) is 0 Å². The maximum absolute atomic E-state index is 6.52. The Balaban J connectivity index is 0.000000810. The first-order valence-corrected chi connectivity index (χ1v) is 2.61. The smallest absolute Gasteiger partial charge is 0.0918 e. The summed E-state index contributed by atoms with van der Waals surface area (Å²) in [6.07, 6.45) is 0. The van der Waals surface area contributed by atoms with Crippen molar-refractivity contribution in [3.05, 3.63) is 30.3 Å². The van der Waals surface area contributed by atoms with Gasteiger partial charge in [0, 0.05) is 0 Å². The van der Waals surface area contributed by atoms with E-state index in [0.29, 0.717) is 0 Å². The molecule has 0 unspecified atom stereocenters. The summed E-state index contributed by atoms with van der Waals surface area (Å²) in [6.45, 7) is 0. The summed E-state index contributed by atoms with van der Waals surface area (Å²) < 4.78 is 0. The fourth-order valence-electron chi connectivity index (χ4n) is 0.567. The average Bonchev–Trinajstić information content (AvgIpc) is 1.91. The lowest BCUT2D eigenvalue weighted by molar-refractivity contribution is 1.11. The minimum absolute atomic E-state index is 0. The number of benzene rings is 1. The summed E-state index contributed by atoms with van der Waals surface area (Å²) in [5, 5.41) is 6.52. The molecule has 1 aromatic carbocycles. The van der Waals surface area contributed by atoms with Crippen molar-refractivity contribution >= 4 is 11.7 Å². The third-order valence-electron chi connectivity index (χ3n) is 0.941. The van der Waals surface area contributed by atoms with Crippen molar-refractivity contribution in [3.63, 3.8) is 0 Å². The molecule has 0 radical (unpaired) electrons. The van der Waals surface area contributed by atoms with Crippen LogP contribution in [0.15, 0.2) is 35.3 Å². The van der Waals surface area contributed by atoms with Gasteiger partial charge in [-0.05, 0) is 12.1 Å². The second kappa shape index (κ2) is 4.41. The minimum atomic E-state index is 0. The molecule has 0 amide bonds. The Morgan fingerprint density at radius 2 is 1.80 bits per heavy atom. The lowest BCUT2D eigenvalue weighted by Gasteiger charge is -1.83. The van der Waals surface area contributed by atoms with Crippen molar-refractivity contribution < 1.29 is 4.70 Å². The van der Waals surface area contributed by atoms with E-state index < -0.39 is 0 Å². The van der Waals surface area contributed by atoms with Gasteiger partial charge in [-0.1, -0.05) is 18.2 Å². The van der Waals surface area contributed by atoms with Crippen molar-refractivity contribution in [2.45, 2.75) is 0 Å². The van der Waals surface area contributed by atoms with E-state index >= 15 is 0 Å². The van der Waals surface area contributed by atoms with Crippen LogP contribution < -0.4 is 0 Å². The Labute approximate surface area is 58.1 Å². The Morgan fingerprint density at radius 1 is 1.20 bits per heavy atom. The summed E-state index contributed by atoms with van der Waals surface area (Å²) >= 11 is 0. The van der Waals surface area contributed by atoms with Crippen LogP contribution in [0.25, 0.3) is 0 Å². The first kappa shape index (κ1) is 8.53. The van der Waals surface area contributed by atoms with Crippen molar-refractivity contribution in [1.29, 1.82) is 5.41 Å². The molecular weight excluding hydrogens is 131 g/mol. The van der Waals surface area contributed by atoms with Crippen LogP contribution in [0.4, 0.5) is 10.4 Å². The fraction of sp³-hybridized carbons (Fsp3) is 0. The average molecular weight is 138 g/mol. The number of hydrogen-bond donors (Lipinski definition) is 1. The second-order valence-electron chi connectivity index (χ2n) is 1.56. The highest BCUT2D eigenvalue weighted by Crippen LogP contribution is 2.07. The molecule has 0 aromatic heterocycles. The largest absolute Gasteiger partial charge is 0.269 e. The van der Waals surface area contributed by atoms with Crippen LogP contribution in [0.5, 0.6) is 0 Å². The van der Waals surface area contributed by atoms with E-state index in [2.05, 4.69) is 4.99 Å². The van der Waals surface area contributed by atoms with Crippen molar-refractivity contribution in [3.8, 4) is 0 Å². The molecule has 0 aliphatic rings. The van der Waals surface area contributed by atoms with Gasteiger partial charge in [0.15, 0.2) is 0 Å². The molecule has 0 fully saturated rings. The number of nitrogens with zero attached hydrogens (tertiary/aromatic N) is 1. The van der Waals surface area contributed by atoms with Gasteiger partial charge in [-0.2, -0.15) is 4.99 Å². The van der Waals surface area contributed by atoms with E-state index in [-0.39, 0.29) is 4.70 Å². The number of rotatable bonds is 1. The Kier molecular flexibility index (Phi) is 3.76. The maximum atomic E-state index is 6.52. The molecule has 1 aromatic rings. The van der Waals surface area contributed by atoms with E-state index in [4.69, 9.17) is 5.41 Å². The van der Waals surface area contributed by atoms with Gasteiger partial charge < -0.3 is 0 Å². The number of aliphatic imine (C=N–C) groups is 1. The molecule has 1 rings (SSSR count). The van der Waals surface area contributed by atoms with Gasteiger partial charge in [-0.15, -0.1) is 0 Å². The van der Waals surface area contributed by atoms with Gasteiger partial charge in [0.05, 0.1) is 11.7 Å². The Bertz CT molecular complexity index is 227. The summed E-state index contributed by atoms with van der Waals surface area (Å²) in [4.78, 5) is 3.62. The van der Waals surface area contributed by atoms with Gasteiger partial charge in [0.25, 0.3) is 0 Å². The predicted octanol–water partition coefficient (Wildman–Crippen LogP) is 2.22. The molecule has 52 valence electrons. The molecule has 1 N–H and O–H groups in total. The second-order valence-corrected chi connectivity index (χ2v) is 1.56. The highest BCUT2D eigenvalue weighted by molar-refractivity contribution is 5.49. The maximum Gasteiger partial charge on any atom is 0.0918 e. The van der Waals surface area contributed by atoms with Gasteiger partial charge in [0.1, 0.15) is 0 Å². The van der Waals surface area contributed by atoms with Crippen LogP contribution >= 0.6 is 0 Å². The SMILES string of the molecule is F.N=C=Nc1ccccc1. The van der Waals surface area contributed by atoms with Crippen molar-refractivity contribution in [2.24, 2.45) is 4.99 Å². The first-order valence-electron chi connectivity index (χ1n) is 2.61. The molecule has 0 saturated heterocycles. The van der Waals surface area contributed by atoms with Crippen LogP contribution in [0.2, 0.25) is 0 Å². The predicted molar refractivity (Wildman–Crippen MR) is 38.8 cm³/mol. The lowest BCUT2D eigenvalue weighted by atomic mass is 10.3. The van der Waals surface area contributed by atoms with Crippen LogP contribution in [0.3, 0.4) is 0 Å². The van der Waals surface area contributed by atoms with Gasteiger partial charge >= 0.3 is 0 Å². The molecular formula is C7H7FN2. The number of halogens is 1. The molecule has 3 heteroatoms. The standard InChI is InChI=1S/C7H6N2.FH/c8-6-9-7-4-2-1-3-5-7;/h1-5,8H;1H. The van der Waals surface area contributed by atoms with E-state index in [1.165, 1.54) is 0 Å². The monoisotopic (exact) mass is 138 g/mol. The molecule has 0 spiro atoms. The van der Waals surface area contributed by atoms with E-state index in [1.54, 1.807) is 0 Å². The van der Waals surface area contributed by atoms with Crippen LogP contribution in [0.1, 0.15) is 0 Å². The normalized spacial score (nSPS) is 7.20. The number of hydrogen-bond acceptors (Lipinski definition) is 2. The molecule has 2 nitrogen and oxygen atoms in total. The van der Waals surface area contributed by atoms with Crippen LogP contribution in [0, 0.1) is 5.41 Å². The third kappa shape index (κ3) is 2.20. The number of nitrogens with one attached hydrogen (secondary N) is 1. The molecule has 0 atom stereocenters. The molecule has 0 aliphatic heterocycles. The van der Waals surface area contributed by atoms with E-state index in [1.807, 2.05) is 36.3 Å². The molecule has 0 aliphatic carbocycles.